The molecule has 1 aromatic rings. The molecule has 6 nitrogen and oxygen atoms in total. The highest BCUT2D eigenvalue weighted by Gasteiger charge is 2.28. The Balaban J connectivity index is 2.11. The maximum Gasteiger partial charge on any atom is 0.323 e. The van der Waals surface area contributed by atoms with Crippen LogP contribution in [0.5, 0.6) is 6.01 Å². The first kappa shape index (κ1) is 15.8. The molecular formula is C15H27N5O. The predicted octanol–water partition coefficient (Wildman–Crippen LogP) is 3.08. The Morgan fingerprint density at radius 3 is 2.52 bits per heavy atom. The molecule has 1 unspecified atom stereocenters. The minimum absolute atomic E-state index is 0.0403. The van der Waals surface area contributed by atoms with Crippen LogP contribution in [0.4, 0.5) is 11.9 Å². The standard InChI is InChI=1S/C15H27N5O/c1-10(2)21-14-19-12(16-5)18-13(20-14)17-11-7-6-8-15(3,4)9-11/h10-11H,6-9H2,1-5H3,(H2,16,17,18,19,20). The Bertz CT molecular complexity index is 475. The normalized spacial score (nSPS) is 21.1. The van der Waals surface area contributed by atoms with Crippen LogP contribution in [0.3, 0.4) is 0 Å². The molecule has 118 valence electrons. The van der Waals surface area contributed by atoms with Gasteiger partial charge in [0.2, 0.25) is 11.9 Å². The molecule has 0 bridgehead atoms. The van der Waals surface area contributed by atoms with Gasteiger partial charge in [0.25, 0.3) is 0 Å². The second-order valence-electron chi connectivity index (χ2n) is 6.78. The zero-order valence-corrected chi connectivity index (χ0v) is 13.7. The van der Waals surface area contributed by atoms with Crippen LogP contribution >= 0.6 is 0 Å². The lowest BCUT2D eigenvalue weighted by Crippen LogP contribution is -2.32. The Labute approximate surface area is 127 Å². The van der Waals surface area contributed by atoms with Crippen molar-refractivity contribution in [2.75, 3.05) is 17.7 Å². The van der Waals surface area contributed by atoms with Gasteiger partial charge < -0.3 is 15.4 Å². The molecule has 1 fully saturated rings. The molecule has 0 aromatic carbocycles. The summed E-state index contributed by atoms with van der Waals surface area (Å²) in [7, 11) is 1.79. The highest BCUT2D eigenvalue weighted by molar-refractivity contribution is 5.36. The molecule has 2 rings (SSSR count). The van der Waals surface area contributed by atoms with E-state index >= 15 is 0 Å². The van der Waals surface area contributed by atoms with Crippen molar-refractivity contribution in [3.63, 3.8) is 0 Å². The number of nitrogens with one attached hydrogen (secondary N) is 2. The predicted molar refractivity (Wildman–Crippen MR) is 84.8 cm³/mol. The van der Waals surface area contributed by atoms with E-state index < -0.39 is 0 Å². The molecule has 0 saturated heterocycles. The topological polar surface area (TPSA) is 72.0 Å². The van der Waals surface area contributed by atoms with Crippen LogP contribution in [0.25, 0.3) is 0 Å². The van der Waals surface area contributed by atoms with Gasteiger partial charge >= 0.3 is 6.01 Å². The monoisotopic (exact) mass is 293 g/mol. The van der Waals surface area contributed by atoms with E-state index in [0.717, 1.165) is 12.8 Å². The average molecular weight is 293 g/mol. The summed E-state index contributed by atoms with van der Waals surface area (Å²) in [6, 6.07) is 0.773. The Morgan fingerprint density at radius 2 is 1.90 bits per heavy atom. The van der Waals surface area contributed by atoms with Crippen LogP contribution in [0.2, 0.25) is 0 Å². The molecule has 6 heteroatoms. The second kappa shape index (κ2) is 6.45. The van der Waals surface area contributed by atoms with Gasteiger partial charge in [0.1, 0.15) is 0 Å². The van der Waals surface area contributed by atoms with Gasteiger partial charge in [-0.2, -0.15) is 15.0 Å². The minimum Gasteiger partial charge on any atom is -0.461 e. The van der Waals surface area contributed by atoms with Gasteiger partial charge in [-0.3, -0.25) is 0 Å². The number of anilines is 2. The fourth-order valence-corrected chi connectivity index (χ4v) is 2.80. The largest absolute Gasteiger partial charge is 0.461 e. The van der Waals surface area contributed by atoms with Gasteiger partial charge in [-0.25, -0.2) is 0 Å². The number of hydrogen-bond donors (Lipinski definition) is 2. The Hall–Kier alpha value is -1.59. The summed E-state index contributed by atoms with van der Waals surface area (Å²) in [5.41, 5.74) is 0.381. The van der Waals surface area contributed by atoms with E-state index in [4.69, 9.17) is 4.74 Å². The third kappa shape index (κ3) is 4.72. The van der Waals surface area contributed by atoms with Crippen molar-refractivity contribution in [3.8, 4) is 6.01 Å². The summed E-state index contributed by atoms with van der Waals surface area (Å²) >= 11 is 0. The SMILES string of the molecule is CNc1nc(NC2CCCC(C)(C)C2)nc(OC(C)C)n1. The third-order valence-corrected chi connectivity index (χ3v) is 3.72. The van der Waals surface area contributed by atoms with Crippen LogP contribution in [0.1, 0.15) is 53.4 Å². The smallest absolute Gasteiger partial charge is 0.323 e. The van der Waals surface area contributed by atoms with Crippen molar-refractivity contribution < 1.29 is 4.74 Å². The molecule has 21 heavy (non-hydrogen) atoms. The van der Waals surface area contributed by atoms with Crippen LogP contribution < -0.4 is 15.4 Å². The number of ether oxygens (including phenoxy) is 1. The summed E-state index contributed by atoms with van der Waals surface area (Å²) in [4.78, 5) is 13.0. The molecule has 2 N–H and O–H groups in total. The highest BCUT2D eigenvalue weighted by Crippen LogP contribution is 2.36. The third-order valence-electron chi connectivity index (χ3n) is 3.72. The summed E-state index contributed by atoms with van der Waals surface area (Å²) in [6.45, 7) is 8.56. The number of rotatable bonds is 5. The van der Waals surface area contributed by atoms with Crippen molar-refractivity contribution in [1.82, 2.24) is 15.0 Å². The Kier molecular flexibility index (Phi) is 4.85. The van der Waals surface area contributed by atoms with Crippen LogP contribution in [0, 0.1) is 5.41 Å². The zero-order valence-electron chi connectivity index (χ0n) is 13.7. The number of aromatic nitrogens is 3. The van der Waals surface area contributed by atoms with E-state index in [2.05, 4.69) is 39.4 Å². The van der Waals surface area contributed by atoms with Crippen molar-refractivity contribution in [2.24, 2.45) is 5.41 Å². The van der Waals surface area contributed by atoms with E-state index in [0.29, 0.717) is 29.4 Å². The first-order valence-corrected chi connectivity index (χ1v) is 7.75. The average Bonchev–Trinajstić information content (AvgIpc) is 2.36. The van der Waals surface area contributed by atoms with Crippen molar-refractivity contribution >= 4 is 11.9 Å². The number of hydrogen-bond acceptors (Lipinski definition) is 6. The quantitative estimate of drug-likeness (QED) is 0.869. The molecule has 1 saturated carbocycles. The molecular weight excluding hydrogens is 266 g/mol. The maximum absolute atomic E-state index is 5.59. The van der Waals surface area contributed by atoms with Gasteiger partial charge in [0.15, 0.2) is 0 Å². The van der Waals surface area contributed by atoms with E-state index in [1.165, 1.54) is 12.8 Å². The first-order chi connectivity index (χ1) is 9.88. The fourth-order valence-electron chi connectivity index (χ4n) is 2.80. The van der Waals surface area contributed by atoms with Crippen molar-refractivity contribution in [1.29, 1.82) is 0 Å². The van der Waals surface area contributed by atoms with E-state index in [-0.39, 0.29) is 6.10 Å². The van der Waals surface area contributed by atoms with Crippen LogP contribution in [-0.2, 0) is 0 Å². The van der Waals surface area contributed by atoms with E-state index in [1.807, 2.05) is 13.8 Å². The molecule has 0 amide bonds. The molecule has 1 aromatic heterocycles. The van der Waals surface area contributed by atoms with Gasteiger partial charge in [0.05, 0.1) is 6.10 Å². The lowest BCUT2D eigenvalue weighted by atomic mass is 9.75. The molecule has 0 aliphatic heterocycles. The van der Waals surface area contributed by atoms with Gasteiger partial charge in [-0.1, -0.05) is 20.3 Å². The maximum atomic E-state index is 5.59. The Morgan fingerprint density at radius 1 is 1.19 bits per heavy atom. The lowest BCUT2D eigenvalue weighted by molar-refractivity contribution is 0.220. The van der Waals surface area contributed by atoms with E-state index in [9.17, 15) is 0 Å². The first-order valence-electron chi connectivity index (χ1n) is 7.75. The molecule has 0 spiro atoms. The zero-order chi connectivity index (χ0) is 15.5. The van der Waals surface area contributed by atoms with Gasteiger partial charge in [-0.05, 0) is 38.5 Å². The van der Waals surface area contributed by atoms with Crippen LogP contribution in [-0.4, -0.2) is 34.1 Å². The van der Waals surface area contributed by atoms with Crippen LogP contribution in [0.15, 0.2) is 0 Å². The van der Waals surface area contributed by atoms with Crippen molar-refractivity contribution in [3.05, 3.63) is 0 Å². The van der Waals surface area contributed by atoms with E-state index in [1.54, 1.807) is 7.05 Å². The molecule has 0 radical (unpaired) electrons. The molecule has 1 heterocycles. The summed E-state index contributed by atoms with van der Waals surface area (Å²) in [6.07, 6.45) is 4.85. The molecule has 1 aliphatic rings. The molecule has 1 atom stereocenters. The summed E-state index contributed by atoms with van der Waals surface area (Å²) < 4.78 is 5.59. The van der Waals surface area contributed by atoms with Gasteiger partial charge in [-0.15, -0.1) is 0 Å². The van der Waals surface area contributed by atoms with Gasteiger partial charge in [0, 0.05) is 13.1 Å². The van der Waals surface area contributed by atoms with Crippen molar-refractivity contribution in [2.45, 2.75) is 65.5 Å². The second-order valence-corrected chi connectivity index (χ2v) is 6.78. The lowest BCUT2D eigenvalue weighted by Gasteiger charge is -2.35. The molecule has 1 aliphatic carbocycles. The minimum atomic E-state index is 0.0403. The highest BCUT2D eigenvalue weighted by atomic mass is 16.5. The summed E-state index contributed by atoms with van der Waals surface area (Å²) in [5, 5.41) is 6.39. The number of nitrogens with zero attached hydrogens (tertiary/aromatic N) is 3. The fraction of sp³-hybridized carbons (Fsp3) is 0.800. The summed E-state index contributed by atoms with van der Waals surface area (Å²) in [5.74, 6) is 1.12.